The predicted octanol–water partition coefficient (Wildman–Crippen LogP) is 6.25. The van der Waals surface area contributed by atoms with Crippen molar-refractivity contribution in [1.82, 2.24) is 0 Å². The van der Waals surface area contributed by atoms with E-state index < -0.39 is 5.97 Å². The van der Waals surface area contributed by atoms with Gasteiger partial charge in [-0.15, -0.1) is 0 Å². The zero-order valence-corrected chi connectivity index (χ0v) is 15.6. The van der Waals surface area contributed by atoms with Gasteiger partial charge in [0.25, 0.3) is 0 Å². The number of benzene rings is 3. The zero-order chi connectivity index (χ0) is 18.5. The third kappa shape index (κ3) is 4.75. The molecule has 0 radical (unpaired) electrons. The summed E-state index contributed by atoms with van der Waals surface area (Å²) in [5, 5.41) is 9.31. The maximum absolute atomic E-state index is 11.1. The summed E-state index contributed by atoms with van der Waals surface area (Å²) in [6, 6.07) is 21.1. The molecular formula is C21H16ClNO2S. The minimum absolute atomic E-state index is 0.0474. The van der Waals surface area contributed by atoms with E-state index in [0.29, 0.717) is 5.69 Å². The molecule has 5 heteroatoms. The molecule has 0 heterocycles. The summed E-state index contributed by atoms with van der Waals surface area (Å²) in [6.07, 6.45) is 1.70. The molecule has 130 valence electrons. The van der Waals surface area contributed by atoms with Crippen molar-refractivity contribution in [3.63, 3.8) is 0 Å². The number of carboxylic acids is 1. The van der Waals surface area contributed by atoms with Gasteiger partial charge in [-0.3, -0.25) is 4.99 Å². The van der Waals surface area contributed by atoms with E-state index in [1.807, 2.05) is 24.3 Å². The molecule has 0 atom stereocenters. The number of rotatable bonds is 5. The number of nitrogens with zero attached hydrogens (tertiary/aromatic N) is 1. The molecule has 0 aromatic heterocycles. The van der Waals surface area contributed by atoms with Gasteiger partial charge in [0.2, 0.25) is 0 Å². The van der Waals surface area contributed by atoms with E-state index in [-0.39, 0.29) is 10.6 Å². The Morgan fingerprint density at radius 3 is 2.23 bits per heavy atom. The van der Waals surface area contributed by atoms with E-state index in [1.165, 1.54) is 16.5 Å². The molecule has 0 bridgehead atoms. The van der Waals surface area contributed by atoms with Crippen molar-refractivity contribution in [2.24, 2.45) is 4.99 Å². The van der Waals surface area contributed by atoms with Gasteiger partial charge in [0.15, 0.2) is 0 Å². The van der Waals surface area contributed by atoms with Crippen LogP contribution in [0.15, 0.2) is 81.5 Å². The zero-order valence-electron chi connectivity index (χ0n) is 14.0. The quantitative estimate of drug-likeness (QED) is 0.531. The lowest BCUT2D eigenvalue weighted by Gasteiger charge is -2.03. The topological polar surface area (TPSA) is 49.7 Å². The van der Waals surface area contributed by atoms with Crippen LogP contribution in [-0.4, -0.2) is 17.3 Å². The van der Waals surface area contributed by atoms with Gasteiger partial charge in [-0.05, 0) is 55.0 Å². The van der Waals surface area contributed by atoms with Gasteiger partial charge in [0.05, 0.1) is 16.3 Å². The molecule has 26 heavy (non-hydrogen) atoms. The number of carboxylic acid groups (broad SMARTS) is 1. The van der Waals surface area contributed by atoms with Crippen LogP contribution < -0.4 is 0 Å². The average molecular weight is 382 g/mol. The molecule has 0 saturated heterocycles. The molecule has 3 nitrogen and oxygen atoms in total. The van der Waals surface area contributed by atoms with Crippen molar-refractivity contribution in [2.45, 2.75) is 16.7 Å². The van der Waals surface area contributed by atoms with Gasteiger partial charge in [-0.25, -0.2) is 4.79 Å². The Morgan fingerprint density at radius 1 is 1.00 bits per heavy atom. The number of aliphatic imine (C=N–C) groups is 1. The monoisotopic (exact) mass is 381 g/mol. The maximum atomic E-state index is 11.1. The first kappa shape index (κ1) is 18.2. The first-order valence-electron chi connectivity index (χ1n) is 7.93. The minimum atomic E-state index is -1.07. The molecule has 0 saturated carbocycles. The van der Waals surface area contributed by atoms with Gasteiger partial charge in [0.1, 0.15) is 0 Å². The predicted molar refractivity (Wildman–Crippen MR) is 107 cm³/mol. The summed E-state index contributed by atoms with van der Waals surface area (Å²) in [5.74, 6) is -1.07. The van der Waals surface area contributed by atoms with Gasteiger partial charge >= 0.3 is 5.97 Å². The van der Waals surface area contributed by atoms with Crippen LogP contribution in [0.3, 0.4) is 0 Å². The Hall–Kier alpha value is -2.56. The molecule has 0 unspecified atom stereocenters. The second kappa shape index (κ2) is 8.21. The minimum Gasteiger partial charge on any atom is -0.478 e. The maximum Gasteiger partial charge on any atom is 0.337 e. The van der Waals surface area contributed by atoms with Crippen LogP contribution in [0, 0.1) is 6.92 Å². The van der Waals surface area contributed by atoms with Crippen molar-refractivity contribution < 1.29 is 9.90 Å². The van der Waals surface area contributed by atoms with Gasteiger partial charge in [-0.2, -0.15) is 0 Å². The lowest BCUT2D eigenvalue weighted by Crippen LogP contribution is -1.96. The second-order valence-electron chi connectivity index (χ2n) is 5.71. The fraction of sp³-hybridized carbons (Fsp3) is 0.0476. The third-order valence-corrected chi connectivity index (χ3v) is 5.03. The molecule has 0 aliphatic heterocycles. The van der Waals surface area contributed by atoms with Crippen LogP contribution in [0.5, 0.6) is 0 Å². The fourth-order valence-corrected chi connectivity index (χ4v) is 3.29. The number of hydrogen-bond donors (Lipinski definition) is 1. The van der Waals surface area contributed by atoms with Crippen molar-refractivity contribution >= 4 is 41.2 Å². The fourth-order valence-electron chi connectivity index (χ4n) is 2.27. The molecule has 0 amide bonds. The Balaban J connectivity index is 1.71. The standard InChI is InChI=1S/C21H16ClNO2S/c1-14-2-7-17(8-3-14)26-18-9-4-15(5-10-18)13-23-16-6-11-20(22)19(12-16)21(24)25/h2-13H,1H3,(H,24,25). The first-order valence-corrected chi connectivity index (χ1v) is 9.12. The van der Waals surface area contributed by atoms with Crippen LogP contribution in [-0.2, 0) is 0 Å². The first-order chi connectivity index (χ1) is 12.5. The molecular weight excluding hydrogens is 366 g/mol. The lowest BCUT2D eigenvalue weighted by atomic mass is 10.2. The van der Waals surface area contributed by atoms with E-state index in [9.17, 15) is 4.79 Å². The second-order valence-corrected chi connectivity index (χ2v) is 7.27. The van der Waals surface area contributed by atoms with Gasteiger partial charge in [0, 0.05) is 16.0 Å². The molecule has 1 N–H and O–H groups in total. The molecule has 0 spiro atoms. The number of hydrogen-bond acceptors (Lipinski definition) is 3. The highest BCUT2D eigenvalue weighted by atomic mass is 35.5. The summed E-state index contributed by atoms with van der Waals surface area (Å²) in [7, 11) is 0. The van der Waals surface area contributed by atoms with Crippen molar-refractivity contribution in [3.05, 3.63) is 88.4 Å². The Morgan fingerprint density at radius 2 is 1.62 bits per heavy atom. The summed E-state index contributed by atoms with van der Waals surface area (Å²) in [6.45, 7) is 2.07. The molecule has 0 fully saturated rings. The third-order valence-electron chi connectivity index (χ3n) is 3.68. The highest BCUT2D eigenvalue weighted by Gasteiger charge is 2.08. The number of aromatic carboxylic acids is 1. The van der Waals surface area contributed by atoms with E-state index in [2.05, 4.69) is 36.2 Å². The molecule has 0 aliphatic carbocycles. The average Bonchev–Trinajstić information content (AvgIpc) is 2.64. The van der Waals surface area contributed by atoms with Crippen LogP contribution in [0.4, 0.5) is 5.69 Å². The highest BCUT2D eigenvalue weighted by molar-refractivity contribution is 7.99. The number of halogens is 1. The summed E-state index contributed by atoms with van der Waals surface area (Å²) in [5.41, 5.74) is 2.77. The Bertz CT molecular complexity index is 951. The van der Waals surface area contributed by atoms with Crippen LogP contribution in [0.1, 0.15) is 21.5 Å². The number of aryl methyl sites for hydroxylation is 1. The normalized spacial score (nSPS) is 11.0. The Kier molecular flexibility index (Phi) is 5.76. The van der Waals surface area contributed by atoms with Crippen LogP contribution in [0.2, 0.25) is 5.02 Å². The summed E-state index contributed by atoms with van der Waals surface area (Å²) < 4.78 is 0. The van der Waals surface area contributed by atoms with Crippen molar-refractivity contribution in [2.75, 3.05) is 0 Å². The molecule has 3 aromatic carbocycles. The van der Waals surface area contributed by atoms with E-state index in [1.54, 1.807) is 30.1 Å². The Labute approximate surface area is 161 Å². The highest BCUT2D eigenvalue weighted by Crippen LogP contribution is 2.28. The molecule has 3 rings (SSSR count). The largest absolute Gasteiger partial charge is 0.478 e. The van der Waals surface area contributed by atoms with Crippen LogP contribution >= 0.6 is 23.4 Å². The smallest absolute Gasteiger partial charge is 0.337 e. The summed E-state index contributed by atoms with van der Waals surface area (Å²) >= 11 is 7.57. The summed E-state index contributed by atoms with van der Waals surface area (Å²) in [4.78, 5) is 17.8. The van der Waals surface area contributed by atoms with Crippen LogP contribution in [0.25, 0.3) is 0 Å². The lowest BCUT2D eigenvalue weighted by molar-refractivity contribution is 0.0697. The SMILES string of the molecule is Cc1ccc(Sc2ccc(C=Nc3ccc(Cl)c(C(=O)O)c3)cc2)cc1. The van der Waals surface area contributed by atoms with Gasteiger partial charge in [-0.1, -0.05) is 53.2 Å². The van der Waals surface area contributed by atoms with E-state index in [0.717, 1.165) is 10.5 Å². The van der Waals surface area contributed by atoms with E-state index >= 15 is 0 Å². The number of carbonyl (C=O) groups is 1. The van der Waals surface area contributed by atoms with Crippen molar-refractivity contribution in [3.8, 4) is 0 Å². The molecule has 0 aliphatic rings. The van der Waals surface area contributed by atoms with E-state index in [4.69, 9.17) is 16.7 Å². The van der Waals surface area contributed by atoms with Gasteiger partial charge < -0.3 is 5.11 Å². The molecule has 3 aromatic rings. The van der Waals surface area contributed by atoms with Crippen molar-refractivity contribution in [1.29, 1.82) is 0 Å².